The second kappa shape index (κ2) is 8.84. The number of nitrogen functional groups attached to an aromatic ring is 1. The van der Waals surface area contributed by atoms with Crippen LogP contribution >= 0.6 is 0 Å². The molecule has 5 aromatic rings. The van der Waals surface area contributed by atoms with Gasteiger partial charge in [-0.15, -0.1) is 5.10 Å². The van der Waals surface area contributed by atoms with E-state index in [2.05, 4.69) is 30.2 Å². The lowest BCUT2D eigenvalue weighted by Crippen LogP contribution is -2.38. The van der Waals surface area contributed by atoms with E-state index in [1.165, 1.54) is 4.52 Å². The number of benzene rings is 1. The van der Waals surface area contributed by atoms with E-state index in [1.54, 1.807) is 24.6 Å². The van der Waals surface area contributed by atoms with E-state index in [1.807, 2.05) is 35.0 Å². The van der Waals surface area contributed by atoms with E-state index in [-0.39, 0.29) is 11.9 Å². The number of fused-ring (bicyclic) bond motifs is 3. The number of aromatic nitrogens is 6. The van der Waals surface area contributed by atoms with E-state index >= 15 is 0 Å². The topological polar surface area (TPSA) is 136 Å². The van der Waals surface area contributed by atoms with Crippen LogP contribution in [0.5, 0.6) is 0 Å². The summed E-state index contributed by atoms with van der Waals surface area (Å²) in [4.78, 5) is 11.6. The van der Waals surface area contributed by atoms with Crippen molar-refractivity contribution < 1.29 is 9.62 Å². The van der Waals surface area contributed by atoms with E-state index < -0.39 is 0 Å². The predicted molar refractivity (Wildman–Crippen MR) is 130 cm³/mol. The third-order valence-corrected chi connectivity index (χ3v) is 6.62. The van der Waals surface area contributed by atoms with Crippen LogP contribution in [0.2, 0.25) is 0 Å². The molecule has 0 saturated carbocycles. The fraction of sp³-hybridized carbons (Fsp3) is 0.292. The summed E-state index contributed by atoms with van der Waals surface area (Å²) in [6, 6.07) is 13.5. The summed E-state index contributed by atoms with van der Waals surface area (Å²) in [5.41, 5.74) is 9.23. The Labute approximate surface area is 200 Å². The molecule has 0 bridgehead atoms. The van der Waals surface area contributed by atoms with Gasteiger partial charge >= 0.3 is 0 Å². The highest BCUT2D eigenvalue weighted by atomic mass is 16.4. The van der Waals surface area contributed by atoms with Crippen LogP contribution in [0.15, 0.2) is 64.5 Å². The van der Waals surface area contributed by atoms with Crippen LogP contribution in [0, 0.1) is 5.92 Å². The molecule has 1 aliphatic heterocycles. The summed E-state index contributed by atoms with van der Waals surface area (Å²) in [5, 5.41) is 23.0. The summed E-state index contributed by atoms with van der Waals surface area (Å²) < 4.78 is 8.80. The van der Waals surface area contributed by atoms with Crippen molar-refractivity contribution >= 4 is 28.3 Å². The predicted octanol–water partition coefficient (Wildman–Crippen LogP) is 2.91. The number of nitrogens with two attached hydrogens (primary N) is 1. The van der Waals surface area contributed by atoms with Crippen LogP contribution in [0.25, 0.3) is 28.3 Å². The van der Waals surface area contributed by atoms with Crippen molar-refractivity contribution in [2.45, 2.75) is 19.4 Å². The van der Waals surface area contributed by atoms with Crippen molar-refractivity contribution in [2.24, 2.45) is 11.1 Å². The van der Waals surface area contributed by atoms with Crippen LogP contribution in [0.3, 0.4) is 0 Å². The van der Waals surface area contributed by atoms with Crippen molar-refractivity contribution in [3.8, 4) is 11.6 Å². The average molecular weight is 472 g/mol. The number of hydrogen-bond donors (Lipinski definition) is 2. The van der Waals surface area contributed by atoms with Crippen molar-refractivity contribution in [1.82, 2.24) is 34.3 Å². The number of nitrogens with zero attached hydrogens (tertiary/aromatic N) is 8. The minimum absolute atomic E-state index is 0.246. The first kappa shape index (κ1) is 21.3. The molecule has 4 aromatic heterocycles. The smallest absolute Gasteiger partial charge is 0.225 e. The quantitative estimate of drug-likeness (QED) is 0.219. The SMILES string of the molecule is Nc1nc2c(cnn2CCN2CCC(C(=NO)c3ccccc3)CC2)c2nc(-c3ccco3)nn12. The molecule has 0 amide bonds. The van der Waals surface area contributed by atoms with Gasteiger partial charge in [-0.25, -0.2) is 9.67 Å². The number of furan rings is 1. The molecule has 0 radical (unpaired) electrons. The van der Waals surface area contributed by atoms with Gasteiger partial charge < -0.3 is 20.3 Å². The van der Waals surface area contributed by atoms with Gasteiger partial charge in [0.2, 0.25) is 11.8 Å². The van der Waals surface area contributed by atoms with Gasteiger partial charge in [0, 0.05) is 12.5 Å². The maximum absolute atomic E-state index is 9.61. The molecule has 0 atom stereocenters. The van der Waals surface area contributed by atoms with Crippen molar-refractivity contribution in [2.75, 3.05) is 25.4 Å². The Morgan fingerprint density at radius 1 is 1.06 bits per heavy atom. The minimum atomic E-state index is 0.246. The van der Waals surface area contributed by atoms with E-state index in [4.69, 9.17) is 10.2 Å². The summed E-state index contributed by atoms with van der Waals surface area (Å²) in [6.07, 6.45) is 5.22. The second-order valence-corrected chi connectivity index (χ2v) is 8.69. The van der Waals surface area contributed by atoms with E-state index in [9.17, 15) is 5.21 Å². The first-order valence-corrected chi connectivity index (χ1v) is 11.6. The molecule has 6 rings (SSSR count). The summed E-state index contributed by atoms with van der Waals surface area (Å²) >= 11 is 0. The summed E-state index contributed by atoms with van der Waals surface area (Å²) in [7, 11) is 0. The Hall–Kier alpha value is -4.25. The molecule has 5 heterocycles. The van der Waals surface area contributed by atoms with Crippen molar-refractivity contribution in [1.29, 1.82) is 0 Å². The van der Waals surface area contributed by atoms with Crippen LogP contribution in [-0.2, 0) is 6.54 Å². The number of piperidine rings is 1. The van der Waals surface area contributed by atoms with E-state index in [0.717, 1.165) is 49.1 Å². The van der Waals surface area contributed by atoms with Gasteiger partial charge in [-0.2, -0.15) is 14.6 Å². The fourth-order valence-electron chi connectivity index (χ4n) is 4.78. The number of hydrogen-bond acceptors (Lipinski definition) is 9. The summed E-state index contributed by atoms with van der Waals surface area (Å²) in [6.45, 7) is 3.35. The molecule has 11 nitrogen and oxygen atoms in total. The number of likely N-dealkylation sites (tertiary alicyclic amines) is 1. The molecule has 0 unspecified atom stereocenters. The molecule has 11 heteroatoms. The van der Waals surface area contributed by atoms with Gasteiger partial charge in [-0.3, -0.25) is 0 Å². The van der Waals surface area contributed by atoms with Gasteiger partial charge in [0.1, 0.15) is 0 Å². The molecule has 0 spiro atoms. The standard InChI is InChI=1S/C24H25N9O2/c25-24-28-22-18(23-27-21(29-33(23)24)19-7-4-14-35-19)15-26-32(22)13-12-31-10-8-17(9-11-31)20(30-34)16-5-2-1-3-6-16/h1-7,14-15,17,34H,8-13H2,(H2,25,28). The molecule has 1 aromatic carbocycles. The zero-order valence-corrected chi connectivity index (χ0v) is 19.0. The highest BCUT2D eigenvalue weighted by molar-refractivity contribution is 6.01. The van der Waals surface area contributed by atoms with Crippen LogP contribution in [0.4, 0.5) is 5.95 Å². The van der Waals surface area contributed by atoms with Gasteiger partial charge in [-0.05, 0) is 43.6 Å². The van der Waals surface area contributed by atoms with E-state index in [0.29, 0.717) is 29.4 Å². The van der Waals surface area contributed by atoms with Crippen LogP contribution in [-0.4, -0.2) is 64.8 Å². The minimum Gasteiger partial charge on any atom is -0.461 e. The Bertz CT molecular complexity index is 1480. The maximum atomic E-state index is 9.61. The zero-order chi connectivity index (χ0) is 23.8. The number of oxime groups is 1. The third kappa shape index (κ3) is 3.89. The van der Waals surface area contributed by atoms with Gasteiger partial charge in [0.05, 0.1) is 30.1 Å². The molecule has 178 valence electrons. The number of anilines is 1. The van der Waals surface area contributed by atoms with Gasteiger partial charge in [-0.1, -0.05) is 35.5 Å². The third-order valence-electron chi connectivity index (χ3n) is 6.62. The highest BCUT2D eigenvalue weighted by Crippen LogP contribution is 2.25. The molecule has 35 heavy (non-hydrogen) atoms. The van der Waals surface area contributed by atoms with Crippen LogP contribution < -0.4 is 5.73 Å². The van der Waals surface area contributed by atoms with Gasteiger partial charge in [0.25, 0.3) is 0 Å². The molecular formula is C24H25N9O2. The zero-order valence-electron chi connectivity index (χ0n) is 19.0. The summed E-state index contributed by atoms with van der Waals surface area (Å²) in [5.74, 6) is 1.51. The Morgan fingerprint density at radius 3 is 2.63 bits per heavy atom. The molecule has 1 fully saturated rings. The highest BCUT2D eigenvalue weighted by Gasteiger charge is 2.25. The molecular weight excluding hydrogens is 446 g/mol. The molecule has 1 aliphatic rings. The first-order chi connectivity index (χ1) is 17.2. The molecule has 0 aliphatic carbocycles. The van der Waals surface area contributed by atoms with Crippen molar-refractivity contribution in [3.05, 3.63) is 60.5 Å². The van der Waals surface area contributed by atoms with Gasteiger partial charge in [0.15, 0.2) is 17.1 Å². The monoisotopic (exact) mass is 471 g/mol. The largest absolute Gasteiger partial charge is 0.461 e. The van der Waals surface area contributed by atoms with Crippen LogP contribution in [0.1, 0.15) is 18.4 Å². The maximum Gasteiger partial charge on any atom is 0.225 e. The molecule has 1 saturated heterocycles. The fourth-order valence-corrected chi connectivity index (χ4v) is 4.78. The number of rotatable bonds is 6. The Morgan fingerprint density at radius 2 is 1.89 bits per heavy atom. The first-order valence-electron chi connectivity index (χ1n) is 11.6. The average Bonchev–Trinajstić information content (AvgIpc) is 3.64. The lowest BCUT2D eigenvalue weighted by Gasteiger charge is -2.32. The molecule has 3 N–H and O–H groups in total. The van der Waals surface area contributed by atoms with Crippen molar-refractivity contribution in [3.63, 3.8) is 0 Å². The normalized spacial score (nSPS) is 15.9. The lowest BCUT2D eigenvalue weighted by atomic mass is 9.88. The second-order valence-electron chi connectivity index (χ2n) is 8.69. The Kier molecular flexibility index (Phi) is 5.38. The lowest BCUT2D eigenvalue weighted by molar-refractivity contribution is 0.198. The Balaban J connectivity index is 1.15.